The van der Waals surface area contributed by atoms with E-state index in [1.165, 1.54) is 11.6 Å². The highest BCUT2D eigenvalue weighted by molar-refractivity contribution is 6.42. The molecule has 0 aliphatic carbocycles. The van der Waals surface area contributed by atoms with E-state index in [9.17, 15) is 9.59 Å². The standard InChI is InChI=1S/C27H23Cl2N3O5/c28-20-4-2-18(12-21(20)29)26(33)19-3-5-22-24(13-19)37-27(34)32(22)15-31-9-7-30(8-10-31)14-17-1-6-23-25(11-17)36-16-35-23/h1-6,11-13H,7-10,14-16H2. The van der Waals surface area contributed by atoms with E-state index in [0.717, 1.165) is 44.2 Å². The molecule has 0 radical (unpaired) electrons. The van der Waals surface area contributed by atoms with Crippen LogP contribution in [0.1, 0.15) is 21.5 Å². The number of piperazine rings is 1. The van der Waals surface area contributed by atoms with Crippen molar-refractivity contribution < 1.29 is 18.7 Å². The molecule has 0 spiro atoms. The zero-order valence-electron chi connectivity index (χ0n) is 19.8. The monoisotopic (exact) mass is 539 g/mol. The summed E-state index contributed by atoms with van der Waals surface area (Å²) in [4.78, 5) is 30.2. The van der Waals surface area contributed by atoms with Gasteiger partial charge in [0.15, 0.2) is 22.9 Å². The molecule has 0 atom stereocenters. The molecule has 1 aromatic heterocycles. The zero-order chi connectivity index (χ0) is 25.5. The Labute approximate surface area is 222 Å². The molecule has 8 nitrogen and oxygen atoms in total. The molecule has 37 heavy (non-hydrogen) atoms. The first-order valence-electron chi connectivity index (χ1n) is 11.9. The Morgan fingerprint density at radius 2 is 1.54 bits per heavy atom. The number of oxazole rings is 1. The summed E-state index contributed by atoms with van der Waals surface area (Å²) in [7, 11) is 0. The molecular weight excluding hydrogens is 517 g/mol. The minimum absolute atomic E-state index is 0.227. The maximum absolute atomic E-state index is 12.9. The van der Waals surface area contributed by atoms with E-state index >= 15 is 0 Å². The number of nitrogens with zero attached hydrogens (tertiary/aromatic N) is 3. The number of carbonyl (C=O) groups is 1. The Morgan fingerprint density at radius 3 is 2.35 bits per heavy atom. The molecular formula is C27H23Cl2N3O5. The third kappa shape index (κ3) is 4.85. The summed E-state index contributed by atoms with van der Waals surface area (Å²) in [5, 5.41) is 0.688. The molecule has 1 fully saturated rings. The summed E-state index contributed by atoms with van der Waals surface area (Å²) >= 11 is 12.0. The predicted molar refractivity (Wildman–Crippen MR) is 140 cm³/mol. The van der Waals surface area contributed by atoms with Crippen LogP contribution >= 0.6 is 23.2 Å². The van der Waals surface area contributed by atoms with Gasteiger partial charge in [0.2, 0.25) is 6.79 Å². The molecule has 0 N–H and O–H groups in total. The van der Waals surface area contributed by atoms with Gasteiger partial charge in [-0.25, -0.2) is 4.79 Å². The fourth-order valence-corrected chi connectivity index (χ4v) is 5.03. The van der Waals surface area contributed by atoms with E-state index in [1.807, 2.05) is 12.1 Å². The molecule has 10 heteroatoms. The number of hydrogen-bond donors (Lipinski definition) is 0. The third-order valence-electron chi connectivity index (χ3n) is 6.76. The second-order valence-corrected chi connectivity index (χ2v) is 9.97. The molecule has 3 heterocycles. The number of carbonyl (C=O) groups excluding carboxylic acids is 1. The normalized spacial score (nSPS) is 15.9. The molecule has 0 amide bonds. The van der Waals surface area contributed by atoms with Crippen molar-refractivity contribution in [2.75, 3.05) is 33.0 Å². The number of aromatic nitrogens is 1. The minimum Gasteiger partial charge on any atom is -0.454 e. The first-order valence-corrected chi connectivity index (χ1v) is 12.7. The molecule has 0 bridgehead atoms. The highest BCUT2D eigenvalue weighted by atomic mass is 35.5. The van der Waals surface area contributed by atoms with Gasteiger partial charge in [-0.1, -0.05) is 29.3 Å². The Hall–Kier alpha value is -3.30. The summed E-state index contributed by atoms with van der Waals surface area (Å²) < 4.78 is 18.0. The van der Waals surface area contributed by atoms with Crippen LogP contribution in [0.3, 0.4) is 0 Å². The average Bonchev–Trinajstić information content (AvgIpc) is 3.49. The lowest BCUT2D eigenvalue weighted by atomic mass is 10.0. The van der Waals surface area contributed by atoms with Crippen LogP contribution < -0.4 is 15.2 Å². The number of benzene rings is 3. The number of halogens is 2. The Bertz CT molecular complexity index is 1560. The van der Waals surface area contributed by atoms with E-state index in [2.05, 4.69) is 15.9 Å². The largest absolute Gasteiger partial charge is 0.454 e. The van der Waals surface area contributed by atoms with Gasteiger partial charge in [-0.2, -0.15) is 0 Å². The lowest BCUT2D eigenvalue weighted by Gasteiger charge is -2.34. The van der Waals surface area contributed by atoms with Gasteiger partial charge in [0, 0.05) is 43.9 Å². The van der Waals surface area contributed by atoms with Crippen LogP contribution in [0.2, 0.25) is 10.0 Å². The molecule has 6 rings (SSSR count). The molecule has 0 saturated carbocycles. The maximum Gasteiger partial charge on any atom is 0.421 e. The summed E-state index contributed by atoms with van der Waals surface area (Å²) in [5.41, 5.74) is 3.02. The molecule has 3 aromatic carbocycles. The summed E-state index contributed by atoms with van der Waals surface area (Å²) in [5.74, 6) is 0.910. The van der Waals surface area contributed by atoms with Crippen molar-refractivity contribution in [1.29, 1.82) is 0 Å². The van der Waals surface area contributed by atoms with Crippen LogP contribution in [0.5, 0.6) is 11.5 Å². The lowest BCUT2D eigenvalue weighted by molar-refractivity contribution is 0.102. The second-order valence-electron chi connectivity index (χ2n) is 9.16. The highest BCUT2D eigenvalue weighted by Crippen LogP contribution is 2.33. The maximum atomic E-state index is 12.9. The van der Waals surface area contributed by atoms with Crippen molar-refractivity contribution in [2.24, 2.45) is 0 Å². The van der Waals surface area contributed by atoms with Crippen LogP contribution in [0.4, 0.5) is 0 Å². The van der Waals surface area contributed by atoms with Gasteiger partial charge < -0.3 is 13.9 Å². The second kappa shape index (κ2) is 9.87. The molecule has 1 saturated heterocycles. The van der Waals surface area contributed by atoms with E-state index in [4.69, 9.17) is 37.1 Å². The van der Waals surface area contributed by atoms with Gasteiger partial charge in [-0.15, -0.1) is 0 Å². The van der Waals surface area contributed by atoms with Gasteiger partial charge in [-0.3, -0.25) is 19.2 Å². The van der Waals surface area contributed by atoms with Gasteiger partial charge >= 0.3 is 5.76 Å². The highest BCUT2D eigenvalue weighted by Gasteiger charge is 2.21. The van der Waals surface area contributed by atoms with Crippen LogP contribution in [0.15, 0.2) is 63.8 Å². The molecule has 4 aromatic rings. The fourth-order valence-electron chi connectivity index (χ4n) is 4.73. The van der Waals surface area contributed by atoms with Gasteiger partial charge in [0.25, 0.3) is 0 Å². The van der Waals surface area contributed by atoms with Crippen molar-refractivity contribution >= 4 is 40.1 Å². The quantitative estimate of drug-likeness (QED) is 0.330. The summed E-state index contributed by atoms with van der Waals surface area (Å²) in [6.07, 6.45) is 0. The van der Waals surface area contributed by atoms with Gasteiger partial charge in [0.1, 0.15) is 0 Å². The third-order valence-corrected chi connectivity index (χ3v) is 7.50. The average molecular weight is 540 g/mol. The number of ether oxygens (including phenoxy) is 2. The van der Waals surface area contributed by atoms with Gasteiger partial charge in [-0.05, 0) is 54.1 Å². The van der Waals surface area contributed by atoms with Crippen molar-refractivity contribution in [3.05, 3.63) is 91.9 Å². The van der Waals surface area contributed by atoms with E-state index in [0.29, 0.717) is 38.9 Å². The Morgan fingerprint density at radius 1 is 0.811 bits per heavy atom. The summed E-state index contributed by atoms with van der Waals surface area (Å²) in [6.45, 7) is 4.91. The molecule has 190 valence electrons. The minimum atomic E-state index is -0.447. The number of rotatable bonds is 6. The van der Waals surface area contributed by atoms with Crippen molar-refractivity contribution in [1.82, 2.24) is 14.4 Å². The summed E-state index contributed by atoms with van der Waals surface area (Å²) in [6, 6.07) is 15.8. The zero-order valence-corrected chi connectivity index (χ0v) is 21.3. The van der Waals surface area contributed by atoms with E-state index in [1.54, 1.807) is 34.9 Å². The van der Waals surface area contributed by atoms with Crippen molar-refractivity contribution in [3.8, 4) is 11.5 Å². The smallest absolute Gasteiger partial charge is 0.421 e. The van der Waals surface area contributed by atoms with Crippen LogP contribution in [0, 0.1) is 0 Å². The molecule has 2 aliphatic rings. The molecule has 2 aliphatic heterocycles. The predicted octanol–water partition coefficient (Wildman–Crippen LogP) is 4.64. The fraction of sp³-hybridized carbons (Fsp3) is 0.259. The van der Waals surface area contributed by atoms with E-state index in [-0.39, 0.29) is 12.6 Å². The van der Waals surface area contributed by atoms with Crippen LogP contribution in [-0.2, 0) is 13.2 Å². The van der Waals surface area contributed by atoms with E-state index < -0.39 is 5.76 Å². The Kier molecular flexibility index (Phi) is 6.42. The number of hydrogen-bond acceptors (Lipinski definition) is 7. The topological polar surface area (TPSA) is 77.2 Å². The van der Waals surface area contributed by atoms with Crippen LogP contribution in [-0.4, -0.2) is 53.1 Å². The SMILES string of the molecule is O=C(c1ccc(Cl)c(Cl)c1)c1ccc2c(c1)oc(=O)n2CN1CCN(Cc2ccc3c(c2)OCO3)CC1. The first-order chi connectivity index (χ1) is 17.9. The number of ketones is 1. The Balaban J connectivity index is 1.12. The van der Waals surface area contributed by atoms with Gasteiger partial charge in [0.05, 0.1) is 22.2 Å². The van der Waals surface area contributed by atoms with Crippen LogP contribution in [0.25, 0.3) is 11.1 Å². The molecule has 0 unspecified atom stereocenters. The lowest BCUT2D eigenvalue weighted by Crippen LogP contribution is -2.47. The number of fused-ring (bicyclic) bond motifs is 2. The van der Waals surface area contributed by atoms with Crippen molar-refractivity contribution in [2.45, 2.75) is 13.2 Å². The first kappa shape index (κ1) is 24.1. The van der Waals surface area contributed by atoms with Crippen molar-refractivity contribution in [3.63, 3.8) is 0 Å².